The molecule has 8 nitrogen and oxygen atoms in total. The van der Waals surface area contributed by atoms with Crippen LogP contribution in [0.3, 0.4) is 0 Å². The Morgan fingerprint density at radius 3 is 1.42 bits per heavy atom. The third-order valence-corrected chi connectivity index (χ3v) is 8.18. The van der Waals surface area contributed by atoms with Gasteiger partial charge < -0.3 is 19.3 Å². The minimum Gasteiger partial charge on any atom is -0.462 e. The molecule has 0 radical (unpaired) electrons. The van der Waals surface area contributed by atoms with Crippen molar-refractivity contribution in [1.82, 2.24) is 0 Å². The molecule has 0 heterocycles. The van der Waals surface area contributed by atoms with E-state index < -0.39 is 32.5 Å². The van der Waals surface area contributed by atoms with Crippen molar-refractivity contribution in [1.29, 1.82) is 0 Å². The number of carbonyl (C=O) groups is 2. The van der Waals surface area contributed by atoms with E-state index in [2.05, 4.69) is 42.7 Å². The lowest BCUT2D eigenvalue weighted by molar-refractivity contribution is -0.161. The Labute approximate surface area is 275 Å². The molecule has 1 atom stereocenters. The first-order valence-corrected chi connectivity index (χ1v) is 19.7. The number of hydrogen-bond donors (Lipinski definition) is 2. The van der Waals surface area contributed by atoms with Gasteiger partial charge >= 0.3 is 19.8 Å². The molecule has 0 aliphatic rings. The molecule has 0 aromatic rings. The number of esters is 2. The van der Waals surface area contributed by atoms with E-state index in [-0.39, 0.29) is 19.4 Å². The number of hydrogen-bond acceptors (Lipinski definition) is 6. The normalized spacial score (nSPS) is 12.7. The van der Waals surface area contributed by atoms with Gasteiger partial charge in [0.05, 0.1) is 6.61 Å². The highest BCUT2D eigenvalue weighted by Gasteiger charge is 2.22. The SMILES string of the molecule is CCCC/C=C\CCCCCCCC(=O)O[C@H](COC(=O)CCCCCCC/C=C\CCCCCCCCC)COP(=O)(O)O. The van der Waals surface area contributed by atoms with Gasteiger partial charge in [-0.25, -0.2) is 4.57 Å². The highest BCUT2D eigenvalue weighted by molar-refractivity contribution is 7.46. The highest BCUT2D eigenvalue weighted by Crippen LogP contribution is 2.36. The van der Waals surface area contributed by atoms with Crippen LogP contribution in [0.2, 0.25) is 0 Å². The number of allylic oxidation sites excluding steroid dienone is 4. The molecule has 0 aliphatic carbocycles. The average molecular weight is 659 g/mol. The number of carbonyl (C=O) groups excluding carboxylic acids is 2. The van der Waals surface area contributed by atoms with Crippen molar-refractivity contribution in [3.8, 4) is 0 Å². The van der Waals surface area contributed by atoms with Crippen molar-refractivity contribution < 1.29 is 37.9 Å². The Morgan fingerprint density at radius 2 is 0.956 bits per heavy atom. The fraction of sp³-hybridized carbons (Fsp3) is 0.833. The zero-order valence-corrected chi connectivity index (χ0v) is 29.7. The van der Waals surface area contributed by atoms with E-state index in [4.69, 9.17) is 19.3 Å². The summed E-state index contributed by atoms with van der Waals surface area (Å²) in [4.78, 5) is 42.6. The third kappa shape index (κ3) is 35.2. The van der Waals surface area contributed by atoms with Crippen LogP contribution in [0.4, 0.5) is 0 Å². The topological polar surface area (TPSA) is 119 Å². The highest BCUT2D eigenvalue weighted by atomic mass is 31.2. The number of phosphoric acid groups is 1. The van der Waals surface area contributed by atoms with Crippen LogP contribution < -0.4 is 0 Å². The van der Waals surface area contributed by atoms with Gasteiger partial charge in [0.15, 0.2) is 6.10 Å². The van der Waals surface area contributed by atoms with Crippen molar-refractivity contribution in [2.24, 2.45) is 0 Å². The van der Waals surface area contributed by atoms with E-state index in [9.17, 15) is 14.2 Å². The van der Waals surface area contributed by atoms with Crippen LogP contribution in [-0.2, 0) is 28.2 Å². The third-order valence-electron chi connectivity index (χ3n) is 7.69. The van der Waals surface area contributed by atoms with Crippen molar-refractivity contribution in [2.75, 3.05) is 13.2 Å². The Hall–Kier alpha value is -1.47. The van der Waals surface area contributed by atoms with Gasteiger partial charge in [0.2, 0.25) is 0 Å². The summed E-state index contributed by atoms with van der Waals surface area (Å²) in [6.07, 6.45) is 34.7. The summed E-state index contributed by atoms with van der Waals surface area (Å²) in [5.41, 5.74) is 0. The molecule has 0 aromatic carbocycles. The summed E-state index contributed by atoms with van der Waals surface area (Å²) in [6, 6.07) is 0. The molecule has 0 bridgehead atoms. The number of rotatable bonds is 33. The smallest absolute Gasteiger partial charge is 0.462 e. The molecule has 0 aromatic heterocycles. The summed E-state index contributed by atoms with van der Waals surface area (Å²) in [6.45, 7) is 3.61. The molecule has 0 spiro atoms. The van der Waals surface area contributed by atoms with Crippen LogP contribution in [0.5, 0.6) is 0 Å². The maximum absolute atomic E-state index is 12.3. The van der Waals surface area contributed by atoms with Gasteiger partial charge in [0, 0.05) is 12.8 Å². The summed E-state index contributed by atoms with van der Waals surface area (Å²) in [5.74, 6) is -0.905. The van der Waals surface area contributed by atoms with E-state index in [0.717, 1.165) is 70.6 Å². The van der Waals surface area contributed by atoms with E-state index in [1.54, 1.807) is 0 Å². The lowest BCUT2D eigenvalue weighted by atomic mass is 10.1. The van der Waals surface area contributed by atoms with Crippen LogP contribution in [0, 0.1) is 0 Å². The first-order chi connectivity index (χ1) is 21.8. The van der Waals surface area contributed by atoms with Gasteiger partial charge in [0.1, 0.15) is 6.61 Å². The molecule has 264 valence electrons. The van der Waals surface area contributed by atoms with Gasteiger partial charge in [-0.15, -0.1) is 0 Å². The molecule has 0 saturated carbocycles. The molecular weight excluding hydrogens is 591 g/mol. The van der Waals surface area contributed by atoms with Crippen molar-refractivity contribution in [2.45, 2.75) is 180 Å². The molecular formula is C36H67O8P. The molecule has 0 amide bonds. The fourth-order valence-electron chi connectivity index (χ4n) is 4.94. The molecule has 0 saturated heterocycles. The van der Waals surface area contributed by atoms with Gasteiger partial charge in [-0.1, -0.05) is 128 Å². The average Bonchev–Trinajstić information content (AvgIpc) is 3.00. The minimum absolute atomic E-state index is 0.201. The van der Waals surface area contributed by atoms with Gasteiger partial charge in [-0.3, -0.25) is 14.1 Å². The molecule has 0 aliphatic heterocycles. The zero-order chi connectivity index (χ0) is 33.3. The maximum atomic E-state index is 12.3. The number of unbranched alkanes of at least 4 members (excludes halogenated alkanes) is 19. The monoisotopic (exact) mass is 658 g/mol. The first-order valence-electron chi connectivity index (χ1n) is 18.1. The lowest BCUT2D eigenvalue weighted by Crippen LogP contribution is -2.29. The second-order valence-electron chi connectivity index (χ2n) is 12.2. The van der Waals surface area contributed by atoms with Crippen molar-refractivity contribution in [3.05, 3.63) is 24.3 Å². The van der Waals surface area contributed by atoms with Crippen LogP contribution in [0.1, 0.15) is 174 Å². The fourth-order valence-corrected chi connectivity index (χ4v) is 5.30. The number of phosphoric ester groups is 1. The van der Waals surface area contributed by atoms with Gasteiger partial charge in [0.25, 0.3) is 0 Å². The minimum atomic E-state index is -4.75. The predicted octanol–water partition coefficient (Wildman–Crippen LogP) is 10.5. The quantitative estimate of drug-likeness (QED) is 0.0309. The Balaban J connectivity index is 3.98. The van der Waals surface area contributed by atoms with Crippen LogP contribution in [0.15, 0.2) is 24.3 Å². The molecule has 0 unspecified atom stereocenters. The predicted molar refractivity (Wildman–Crippen MR) is 184 cm³/mol. The zero-order valence-electron chi connectivity index (χ0n) is 28.8. The standard InChI is InChI=1S/C36H67O8P/c1-3-5-7-9-11-13-15-16-17-18-19-21-22-24-26-28-30-35(37)42-32-34(33-43-45(39,40)41)44-36(38)31-29-27-25-23-20-14-12-10-8-6-4-2/h10,12,17-18,34H,3-9,11,13-16,19-33H2,1-2H3,(H2,39,40,41)/b12-10-,18-17-/t34-/m1/s1. The van der Waals surface area contributed by atoms with Crippen LogP contribution in [0.25, 0.3) is 0 Å². The first kappa shape index (κ1) is 43.5. The maximum Gasteiger partial charge on any atom is 0.469 e. The summed E-state index contributed by atoms with van der Waals surface area (Å²) < 4.78 is 26.2. The van der Waals surface area contributed by atoms with Crippen LogP contribution >= 0.6 is 7.82 Å². The van der Waals surface area contributed by atoms with Crippen LogP contribution in [-0.4, -0.2) is 41.0 Å². The van der Waals surface area contributed by atoms with Crippen molar-refractivity contribution >= 4 is 19.8 Å². The summed E-state index contributed by atoms with van der Waals surface area (Å²) in [5, 5.41) is 0. The molecule has 0 rings (SSSR count). The van der Waals surface area contributed by atoms with Gasteiger partial charge in [-0.2, -0.15) is 0 Å². The second kappa shape index (κ2) is 32.5. The largest absolute Gasteiger partial charge is 0.469 e. The Kier molecular flexibility index (Phi) is 31.4. The molecule has 9 heteroatoms. The van der Waals surface area contributed by atoms with Gasteiger partial charge in [-0.05, 0) is 57.8 Å². The molecule has 45 heavy (non-hydrogen) atoms. The lowest BCUT2D eigenvalue weighted by Gasteiger charge is -2.18. The molecule has 0 fully saturated rings. The number of ether oxygens (including phenoxy) is 2. The van der Waals surface area contributed by atoms with E-state index in [1.165, 1.54) is 64.2 Å². The second-order valence-corrected chi connectivity index (χ2v) is 13.4. The summed E-state index contributed by atoms with van der Waals surface area (Å²) >= 11 is 0. The Morgan fingerprint density at radius 1 is 0.556 bits per heavy atom. The van der Waals surface area contributed by atoms with E-state index >= 15 is 0 Å². The van der Waals surface area contributed by atoms with E-state index in [1.807, 2.05) is 0 Å². The van der Waals surface area contributed by atoms with E-state index in [0.29, 0.717) is 12.8 Å². The summed E-state index contributed by atoms with van der Waals surface area (Å²) in [7, 11) is -4.75. The Bertz CT molecular complexity index is 792. The molecule has 2 N–H and O–H groups in total. The van der Waals surface area contributed by atoms with Crippen molar-refractivity contribution in [3.63, 3.8) is 0 Å².